The Bertz CT molecular complexity index is 507. The molecule has 19 heavy (non-hydrogen) atoms. The Morgan fingerprint density at radius 2 is 1.63 bits per heavy atom. The Morgan fingerprint density at radius 1 is 1.00 bits per heavy atom. The molecular weight excluding hydrogens is 324 g/mol. The van der Waals surface area contributed by atoms with Crippen LogP contribution in [0.4, 0.5) is 0 Å². The molecule has 1 N–H and O–H groups in total. The van der Waals surface area contributed by atoms with E-state index in [4.69, 9.17) is 11.6 Å². The fraction of sp³-hybridized carbons (Fsp3) is 0.250. The molecule has 0 radical (unpaired) electrons. The molecule has 0 heterocycles. The van der Waals surface area contributed by atoms with Gasteiger partial charge in [0.1, 0.15) is 0 Å². The van der Waals surface area contributed by atoms with Crippen molar-refractivity contribution in [2.45, 2.75) is 18.8 Å². The summed E-state index contributed by atoms with van der Waals surface area (Å²) in [4.78, 5) is 0. The SMILES string of the molecule is OCC(CCc1ccc(Cl)cc1)c1ccc(Br)cc1. The van der Waals surface area contributed by atoms with Crippen LogP contribution in [0, 0.1) is 0 Å². The predicted molar refractivity (Wildman–Crippen MR) is 83.7 cm³/mol. The zero-order valence-corrected chi connectivity index (χ0v) is 12.9. The van der Waals surface area contributed by atoms with E-state index in [-0.39, 0.29) is 12.5 Å². The fourth-order valence-corrected chi connectivity index (χ4v) is 2.48. The van der Waals surface area contributed by atoms with E-state index in [1.807, 2.05) is 36.4 Å². The number of aliphatic hydroxyl groups excluding tert-OH is 1. The highest BCUT2D eigenvalue weighted by molar-refractivity contribution is 9.10. The average Bonchev–Trinajstić information content (AvgIpc) is 2.43. The number of rotatable bonds is 5. The van der Waals surface area contributed by atoms with Gasteiger partial charge in [-0.1, -0.05) is 51.8 Å². The largest absolute Gasteiger partial charge is 0.396 e. The molecule has 100 valence electrons. The molecule has 0 saturated carbocycles. The fourth-order valence-electron chi connectivity index (χ4n) is 2.09. The minimum Gasteiger partial charge on any atom is -0.396 e. The molecule has 3 heteroatoms. The van der Waals surface area contributed by atoms with Crippen LogP contribution in [0.1, 0.15) is 23.5 Å². The summed E-state index contributed by atoms with van der Waals surface area (Å²) < 4.78 is 1.06. The Morgan fingerprint density at radius 3 is 2.21 bits per heavy atom. The zero-order valence-electron chi connectivity index (χ0n) is 10.5. The first kappa shape index (κ1) is 14.6. The second-order valence-electron chi connectivity index (χ2n) is 4.60. The Kier molecular flexibility index (Phi) is 5.44. The molecule has 0 saturated heterocycles. The van der Waals surface area contributed by atoms with Crippen LogP contribution in [0.2, 0.25) is 5.02 Å². The van der Waals surface area contributed by atoms with Crippen LogP contribution in [0.3, 0.4) is 0 Å². The van der Waals surface area contributed by atoms with E-state index in [2.05, 4.69) is 28.1 Å². The molecule has 2 rings (SSSR count). The molecule has 1 nitrogen and oxygen atoms in total. The van der Waals surface area contributed by atoms with Gasteiger partial charge in [-0.25, -0.2) is 0 Å². The number of benzene rings is 2. The first-order chi connectivity index (χ1) is 9.19. The van der Waals surface area contributed by atoms with Crippen molar-refractivity contribution in [3.63, 3.8) is 0 Å². The van der Waals surface area contributed by atoms with Crippen LogP contribution in [-0.4, -0.2) is 11.7 Å². The number of aryl methyl sites for hydroxylation is 1. The topological polar surface area (TPSA) is 20.2 Å². The predicted octanol–water partition coefficient (Wildman–Crippen LogP) is 4.81. The smallest absolute Gasteiger partial charge is 0.0499 e. The molecule has 0 amide bonds. The monoisotopic (exact) mass is 338 g/mol. The van der Waals surface area contributed by atoms with Gasteiger partial charge in [0.15, 0.2) is 0 Å². The van der Waals surface area contributed by atoms with Crippen LogP contribution >= 0.6 is 27.5 Å². The third-order valence-corrected chi connectivity index (χ3v) is 4.04. The Labute approximate surface area is 127 Å². The maximum atomic E-state index is 9.54. The molecule has 2 aromatic rings. The summed E-state index contributed by atoms with van der Waals surface area (Å²) >= 11 is 9.29. The molecule has 0 aliphatic carbocycles. The van der Waals surface area contributed by atoms with Crippen LogP contribution in [0.15, 0.2) is 53.0 Å². The first-order valence-corrected chi connectivity index (χ1v) is 7.47. The summed E-state index contributed by atoms with van der Waals surface area (Å²) in [6, 6.07) is 16.0. The van der Waals surface area contributed by atoms with Crippen LogP contribution in [-0.2, 0) is 6.42 Å². The van der Waals surface area contributed by atoms with Crippen molar-refractivity contribution < 1.29 is 5.11 Å². The summed E-state index contributed by atoms with van der Waals surface area (Å²) in [5.41, 5.74) is 2.43. The normalized spacial score (nSPS) is 12.4. The van der Waals surface area contributed by atoms with Gasteiger partial charge in [0.2, 0.25) is 0 Å². The minimum atomic E-state index is 0.176. The average molecular weight is 340 g/mol. The van der Waals surface area contributed by atoms with E-state index in [0.29, 0.717) is 0 Å². The lowest BCUT2D eigenvalue weighted by molar-refractivity contribution is 0.259. The van der Waals surface area contributed by atoms with Crippen LogP contribution < -0.4 is 0 Å². The molecule has 0 bridgehead atoms. The lowest BCUT2D eigenvalue weighted by Gasteiger charge is -2.14. The molecule has 0 aliphatic heterocycles. The lowest BCUT2D eigenvalue weighted by Crippen LogP contribution is -2.05. The van der Waals surface area contributed by atoms with Crippen LogP contribution in [0.5, 0.6) is 0 Å². The second-order valence-corrected chi connectivity index (χ2v) is 5.95. The summed E-state index contributed by atoms with van der Waals surface area (Å²) in [6.45, 7) is 0.176. The van der Waals surface area contributed by atoms with Crippen molar-refractivity contribution in [3.05, 3.63) is 69.2 Å². The Balaban J connectivity index is 1.99. The van der Waals surface area contributed by atoms with E-state index in [1.54, 1.807) is 0 Å². The Hall–Kier alpha value is -0.830. The highest BCUT2D eigenvalue weighted by Crippen LogP contribution is 2.23. The maximum Gasteiger partial charge on any atom is 0.0499 e. The molecule has 2 aromatic carbocycles. The van der Waals surface area contributed by atoms with Gasteiger partial charge < -0.3 is 5.11 Å². The van der Waals surface area contributed by atoms with Crippen molar-refractivity contribution in [1.82, 2.24) is 0 Å². The lowest BCUT2D eigenvalue weighted by atomic mass is 9.93. The quantitative estimate of drug-likeness (QED) is 0.828. The summed E-state index contributed by atoms with van der Waals surface area (Å²) in [6.07, 6.45) is 1.87. The van der Waals surface area contributed by atoms with E-state index < -0.39 is 0 Å². The van der Waals surface area contributed by atoms with Gasteiger partial charge >= 0.3 is 0 Å². The molecular formula is C16H16BrClO. The molecule has 0 spiro atoms. The van der Waals surface area contributed by atoms with Gasteiger partial charge in [-0.2, -0.15) is 0 Å². The summed E-state index contributed by atoms with van der Waals surface area (Å²) in [5, 5.41) is 10.3. The van der Waals surface area contributed by atoms with Crippen molar-refractivity contribution in [1.29, 1.82) is 0 Å². The third-order valence-electron chi connectivity index (χ3n) is 3.26. The second kappa shape index (κ2) is 7.09. The standard InChI is InChI=1S/C16H16BrClO/c17-15-7-5-13(6-8-15)14(11-19)4-1-12-2-9-16(18)10-3-12/h2-3,5-10,14,19H,1,4,11H2. The summed E-state index contributed by atoms with van der Waals surface area (Å²) in [7, 11) is 0. The van der Waals surface area contributed by atoms with E-state index in [0.717, 1.165) is 22.3 Å². The van der Waals surface area contributed by atoms with Crippen LogP contribution in [0.25, 0.3) is 0 Å². The minimum absolute atomic E-state index is 0.176. The van der Waals surface area contributed by atoms with Gasteiger partial charge in [-0.3, -0.25) is 0 Å². The number of aliphatic hydroxyl groups is 1. The van der Waals surface area contributed by atoms with Crippen molar-refractivity contribution in [2.24, 2.45) is 0 Å². The zero-order chi connectivity index (χ0) is 13.7. The molecule has 0 fully saturated rings. The van der Waals surface area contributed by atoms with E-state index in [1.165, 1.54) is 11.1 Å². The van der Waals surface area contributed by atoms with Gasteiger partial charge in [0, 0.05) is 22.0 Å². The van der Waals surface area contributed by atoms with Crippen molar-refractivity contribution in [3.8, 4) is 0 Å². The van der Waals surface area contributed by atoms with E-state index >= 15 is 0 Å². The highest BCUT2D eigenvalue weighted by Gasteiger charge is 2.10. The highest BCUT2D eigenvalue weighted by atomic mass is 79.9. The molecule has 0 aliphatic rings. The van der Waals surface area contributed by atoms with Gasteiger partial charge in [0.05, 0.1) is 0 Å². The van der Waals surface area contributed by atoms with E-state index in [9.17, 15) is 5.11 Å². The van der Waals surface area contributed by atoms with Gasteiger partial charge in [-0.15, -0.1) is 0 Å². The number of halogens is 2. The molecule has 0 aromatic heterocycles. The van der Waals surface area contributed by atoms with Gasteiger partial charge in [0.25, 0.3) is 0 Å². The van der Waals surface area contributed by atoms with Crippen molar-refractivity contribution >= 4 is 27.5 Å². The van der Waals surface area contributed by atoms with Gasteiger partial charge in [-0.05, 0) is 48.2 Å². The molecule has 1 unspecified atom stereocenters. The number of hydrogen-bond donors (Lipinski definition) is 1. The number of hydrogen-bond acceptors (Lipinski definition) is 1. The molecule has 1 atom stereocenters. The maximum absolute atomic E-state index is 9.54. The third kappa shape index (κ3) is 4.34. The first-order valence-electron chi connectivity index (χ1n) is 6.30. The van der Waals surface area contributed by atoms with Crippen molar-refractivity contribution in [2.75, 3.05) is 6.61 Å². The summed E-state index contributed by atoms with van der Waals surface area (Å²) in [5.74, 6) is 0.184.